The molecule has 2 aromatic rings. The maximum absolute atomic E-state index is 13.6. The van der Waals surface area contributed by atoms with Crippen LogP contribution in [0, 0.1) is 18.6 Å². The van der Waals surface area contributed by atoms with Crippen LogP contribution >= 0.6 is 0 Å². The van der Waals surface area contributed by atoms with E-state index in [-0.39, 0.29) is 17.0 Å². The van der Waals surface area contributed by atoms with E-state index in [1.165, 1.54) is 25.3 Å². The summed E-state index contributed by atoms with van der Waals surface area (Å²) in [5.41, 5.74) is 5.91. The van der Waals surface area contributed by atoms with Crippen LogP contribution in [0.3, 0.4) is 0 Å². The number of nitrogen functional groups attached to an aromatic ring is 1. The fourth-order valence-corrected chi connectivity index (χ4v) is 1.32. The summed E-state index contributed by atoms with van der Waals surface area (Å²) < 4.78 is 31.2. The molecule has 0 saturated carbocycles. The van der Waals surface area contributed by atoms with Crippen LogP contribution < -0.4 is 5.73 Å². The monoisotopic (exact) mass is 210 g/mol. The first kappa shape index (κ1) is 9.64. The Labute approximate surface area is 84.5 Å². The predicted molar refractivity (Wildman–Crippen MR) is 51.0 cm³/mol. The Hall–Kier alpha value is -1.91. The van der Waals surface area contributed by atoms with Gasteiger partial charge < -0.3 is 10.3 Å². The second-order valence-corrected chi connectivity index (χ2v) is 3.14. The van der Waals surface area contributed by atoms with E-state index in [4.69, 9.17) is 5.73 Å². The van der Waals surface area contributed by atoms with Crippen LogP contribution in [0.2, 0.25) is 0 Å². The molecule has 0 saturated heterocycles. The molecule has 0 spiro atoms. The van der Waals surface area contributed by atoms with Gasteiger partial charge in [-0.1, -0.05) is 5.16 Å². The van der Waals surface area contributed by atoms with Gasteiger partial charge in [-0.15, -0.1) is 0 Å². The largest absolute Gasteiger partial charge is 0.367 e. The third kappa shape index (κ3) is 1.45. The highest BCUT2D eigenvalue weighted by molar-refractivity contribution is 5.72. The van der Waals surface area contributed by atoms with Gasteiger partial charge in [0.15, 0.2) is 0 Å². The summed E-state index contributed by atoms with van der Waals surface area (Å²) in [6, 6.07) is 2.49. The molecule has 5 heteroatoms. The molecule has 2 N–H and O–H groups in total. The van der Waals surface area contributed by atoms with Crippen molar-refractivity contribution in [2.45, 2.75) is 6.92 Å². The van der Waals surface area contributed by atoms with Gasteiger partial charge in [0, 0.05) is 11.1 Å². The molecule has 0 amide bonds. The second kappa shape index (κ2) is 3.34. The number of nitrogens with two attached hydrogens (primary N) is 1. The molecule has 1 aromatic heterocycles. The summed E-state index contributed by atoms with van der Waals surface area (Å²) in [5.74, 6) is -1.23. The number of anilines is 1. The minimum absolute atomic E-state index is 0.0138. The van der Waals surface area contributed by atoms with E-state index < -0.39 is 11.6 Å². The Morgan fingerprint density at radius 1 is 1.27 bits per heavy atom. The van der Waals surface area contributed by atoms with Crippen molar-refractivity contribution in [1.29, 1.82) is 0 Å². The zero-order chi connectivity index (χ0) is 11.0. The third-order valence-electron chi connectivity index (χ3n) is 2.21. The number of benzene rings is 1. The van der Waals surface area contributed by atoms with Gasteiger partial charge in [0.05, 0.1) is 11.8 Å². The summed E-state index contributed by atoms with van der Waals surface area (Å²) in [5, 5.41) is 3.43. The highest BCUT2D eigenvalue weighted by Gasteiger charge is 2.15. The van der Waals surface area contributed by atoms with Crippen LogP contribution in [0.25, 0.3) is 11.1 Å². The Morgan fingerprint density at radius 2 is 2.00 bits per heavy atom. The smallest absolute Gasteiger partial charge is 0.230 e. The van der Waals surface area contributed by atoms with Gasteiger partial charge in [0.1, 0.15) is 11.6 Å². The van der Waals surface area contributed by atoms with E-state index in [0.717, 1.165) is 0 Å². The number of halogens is 2. The topological polar surface area (TPSA) is 52.0 Å². The van der Waals surface area contributed by atoms with Gasteiger partial charge in [-0.3, -0.25) is 0 Å². The van der Waals surface area contributed by atoms with Gasteiger partial charge in [-0.25, -0.2) is 8.78 Å². The summed E-state index contributed by atoms with van der Waals surface area (Å²) in [6.07, 6.45) is 1.30. The minimum Gasteiger partial charge on any atom is -0.367 e. The van der Waals surface area contributed by atoms with E-state index in [1.54, 1.807) is 0 Å². The standard InChI is InChI=1S/C10H8F2N2O/c1-5-8(11)3-2-6(9(5)12)7-4-14-15-10(7)13/h2-4H,13H2,1H3. The number of aromatic nitrogens is 1. The molecule has 1 aromatic carbocycles. The van der Waals surface area contributed by atoms with Gasteiger partial charge in [-0.2, -0.15) is 0 Å². The van der Waals surface area contributed by atoms with Crippen LogP contribution in [0.4, 0.5) is 14.7 Å². The zero-order valence-electron chi connectivity index (χ0n) is 7.92. The Balaban J connectivity index is 2.65. The molecule has 0 unspecified atom stereocenters. The summed E-state index contributed by atoms with van der Waals surface area (Å²) >= 11 is 0. The lowest BCUT2D eigenvalue weighted by Gasteiger charge is -2.04. The van der Waals surface area contributed by atoms with Crippen LogP contribution in [0.15, 0.2) is 22.9 Å². The molecule has 0 aliphatic carbocycles. The molecule has 0 bridgehead atoms. The number of nitrogens with zero attached hydrogens (tertiary/aromatic N) is 1. The Kier molecular flexibility index (Phi) is 2.15. The highest BCUT2D eigenvalue weighted by atomic mass is 19.1. The van der Waals surface area contributed by atoms with Crippen molar-refractivity contribution in [3.63, 3.8) is 0 Å². The van der Waals surface area contributed by atoms with E-state index in [0.29, 0.717) is 5.56 Å². The normalized spacial score (nSPS) is 10.6. The van der Waals surface area contributed by atoms with E-state index in [1.807, 2.05) is 0 Å². The van der Waals surface area contributed by atoms with Crippen LogP contribution in [0.5, 0.6) is 0 Å². The maximum Gasteiger partial charge on any atom is 0.230 e. The quantitative estimate of drug-likeness (QED) is 0.786. The van der Waals surface area contributed by atoms with Crippen molar-refractivity contribution < 1.29 is 13.3 Å². The lowest BCUT2D eigenvalue weighted by Crippen LogP contribution is -1.93. The van der Waals surface area contributed by atoms with Crippen LogP contribution in [0.1, 0.15) is 5.56 Å². The number of hydrogen-bond acceptors (Lipinski definition) is 3. The summed E-state index contributed by atoms with van der Waals surface area (Å²) in [6.45, 7) is 1.36. The number of rotatable bonds is 1. The average Bonchev–Trinajstić information content (AvgIpc) is 2.62. The first-order valence-corrected chi connectivity index (χ1v) is 4.26. The van der Waals surface area contributed by atoms with Crippen molar-refractivity contribution in [2.75, 3.05) is 5.73 Å². The van der Waals surface area contributed by atoms with Gasteiger partial charge >= 0.3 is 0 Å². The zero-order valence-corrected chi connectivity index (χ0v) is 7.92. The highest BCUT2D eigenvalue weighted by Crippen LogP contribution is 2.30. The van der Waals surface area contributed by atoms with Gasteiger partial charge in [0.2, 0.25) is 5.88 Å². The first-order valence-electron chi connectivity index (χ1n) is 4.26. The molecule has 0 radical (unpaired) electrons. The van der Waals surface area contributed by atoms with Crippen molar-refractivity contribution in [2.24, 2.45) is 0 Å². The van der Waals surface area contributed by atoms with E-state index in [9.17, 15) is 8.78 Å². The lowest BCUT2D eigenvalue weighted by molar-refractivity contribution is 0.436. The lowest BCUT2D eigenvalue weighted by atomic mass is 10.0. The Bertz CT molecular complexity index is 508. The molecule has 15 heavy (non-hydrogen) atoms. The first-order chi connectivity index (χ1) is 7.11. The number of hydrogen-bond donors (Lipinski definition) is 1. The Morgan fingerprint density at radius 3 is 2.60 bits per heavy atom. The summed E-state index contributed by atoms with van der Waals surface area (Å²) in [7, 11) is 0. The van der Waals surface area contributed by atoms with Crippen molar-refractivity contribution in [1.82, 2.24) is 5.16 Å². The van der Waals surface area contributed by atoms with Crippen LogP contribution in [-0.2, 0) is 0 Å². The molecule has 2 rings (SSSR count). The van der Waals surface area contributed by atoms with Crippen LogP contribution in [-0.4, -0.2) is 5.16 Å². The minimum atomic E-state index is -0.648. The van der Waals surface area contributed by atoms with E-state index >= 15 is 0 Å². The summed E-state index contributed by atoms with van der Waals surface area (Å²) in [4.78, 5) is 0. The van der Waals surface area contributed by atoms with Crippen molar-refractivity contribution in [3.05, 3.63) is 35.5 Å². The molecule has 0 aliphatic rings. The molecular weight excluding hydrogens is 202 g/mol. The second-order valence-electron chi connectivity index (χ2n) is 3.14. The molecule has 78 valence electrons. The van der Waals surface area contributed by atoms with Crippen molar-refractivity contribution >= 4 is 5.88 Å². The van der Waals surface area contributed by atoms with Crippen molar-refractivity contribution in [3.8, 4) is 11.1 Å². The molecule has 1 heterocycles. The molecule has 0 atom stereocenters. The van der Waals surface area contributed by atoms with E-state index in [2.05, 4.69) is 9.68 Å². The molecule has 0 aliphatic heterocycles. The fraction of sp³-hybridized carbons (Fsp3) is 0.100. The predicted octanol–water partition coefficient (Wildman–Crippen LogP) is 2.51. The molecule has 0 fully saturated rings. The molecule has 3 nitrogen and oxygen atoms in total. The molecular formula is C10H8F2N2O. The van der Waals surface area contributed by atoms with Gasteiger partial charge in [-0.05, 0) is 19.1 Å². The average molecular weight is 210 g/mol. The van der Waals surface area contributed by atoms with Gasteiger partial charge in [0.25, 0.3) is 0 Å². The fourth-order valence-electron chi connectivity index (χ4n) is 1.32. The maximum atomic E-state index is 13.6. The third-order valence-corrected chi connectivity index (χ3v) is 2.21. The SMILES string of the molecule is Cc1c(F)ccc(-c2cnoc2N)c1F.